The lowest BCUT2D eigenvalue weighted by Crippen LogP contribution is -2.62. The molecule has 0 aromatic heterocycles. The van der Waals surface area contributed by atoms with Gasteiger partial charge in [0.15, 0.2) is 6.04 Å². The molecule has 27 heteroatoms. The fourth-order valence-corrected chi connectivity index (χ4v) is 6.32. The molecule has 12 atom stereocenters. The summed E-state index contributed by atoms with van der Waals surface area (Å²) in [5, 5.41) is 86.7. The lowest BCUT2D eigenvalue weighted by Gasteiger charge is -2.30. The first-order chi connectivity index (χ1) is 30.8. The van der Waals surface area contributed by atoms with Crippen molar-refractivity contribution in [2.45, 2.75) is 140 Å². The fourth-order valence-electron chi connectivity index (χ4n) is 6.32. The number of rotatable bonds is 27. The molecule has 0 spiro atoms. The minimum Gasteiger partial charge on any atom is -0.480 e. The Morgan fingerprint density at radius 1 is 0.545 bits per heavy atom. The number of carboxylic acid groups (broad SMARTS) is 1. The maximum Gasteiger partial charge on any atom is 0.328 e. The molecule has 0 bridgehead atoms. The Bertz CT molecular complexity index is 1720. The molecule has 66 heavy (non-hydrogen) atoms. The van der Waals surface area contributed by atoms with Crippen molar-refractivity contribution < 1.29 is 83.7 Å². The maximum absolute atomic E-state index is 13.6. The SMILES string of the molecule is CC(C)C[C@H](NC(=O)[C@@H](NC(=O)[C@H](CO)NC(=O)[C@@H](N)C(C)C)[C@@H](C)O)C(=O)N[C@@H](CO)C(=O)N[C@@H](CO)C(=O)N1CCC[C@H]1C(=O)N[C@@H](C)C(=O)N[C@@H](CO)C(=O)N[C@H](C(=O)O)[C@@H](C)O. The van der Waals surface area contributed by atoms with Crippen LogP contribution in [0, 0.1) is 11.8 Å². The van der Waals surface area contributed by atoms with Gasteiger partial charge in [-0.25, -0.2) is 4.79 Å². The third-order valence-electron chi connectivity index (χ3n) is 10.3. The number of amides is 9. The van der Waals surface area contributed by atoms with Crippen LogP contribution in [-0.4, -0.2) is 205 Å². The highest BCUT2D eigenvalue weighted by molar-refractivity contribution is 5.98. The van der Waals surface area contributed by atoms with E-state index in [-0.39, 0.29) is 37.6 Å². The van der Waals surface area contributed by atoms with Gasteiger partial charge in [-0.3, -0.25) is 43.2 Å². The molecule has 1 saturated heterocycles. The van der Waals surface area contributed by atoms with Crippen LogP contribution < -0.4 is 48.3 Å². The van der Waals surface area contributed by atoms with Crippen molar-refractivity contribution in [2.24, 2.45) is 17.6 Å². The van der Waals surface area contributed by atoms with Crippen molar-refractivity contribution in [1.82, 2.24) is 47.4 Å². The van der Waals surface area contributed by atoms with E-state index >= 15 is 0 Å². The van der Waals surface area contributed by atoms with Crippen molar-refractivity contribution in [3.05, 3.63) is 0 Å². The van der Waals surface area contributed by atoms with E-state index in [2.05, 4.69) is 37.2 Å². The molecule has 27 nitrogen and oxygen atoms in total. The lowest BCUT2D eigenvalue weighted by molar-refractivity contribution is -0.145. The predicted molar refractivity (Wildman–Crippen MR) is 227 cm³/mol. The van der Waals surface area contributed by atoms with Crippen LogP contribution in [0.1, 0.15) is 67.7 Å². The number of hydrogen-bond donors (Lipinski definition) is 16. The van der Waals surface area contributed by atoms with Gasteiger partial charge < -0.3 is 88.9 Å². The molecule has 1 aliphatic heterocycles. The molecule has 376 valence electrons. The number of nitrogens with one attached hydrogen (secondary N) is 8. The van der Waals surface area contributed by atoms with Gasteiger partial charge in [0.25, 0.3) is 0 Å². The smallest absolute Gasteiger partial charge is 0.328 e. The first-order valence-corrected chi connectivity index (χ1v) is 21.3. The standard InChI is InChI=1S/C39H68N10O17/c1-16(2)11-21(42-37(63)28(19(6)54)47-33(59)24(14-52)45-36(62)27(40)17(3)4)31(57)44-22(12-50)32(58)46-25(15-53)38(64)49-10-8-9-26(49)35(61)41-18(5)30(56)43-23(13-51)34(60)48-29(20(7)55)39(65)66/h16-29,50-55H,8-15,40H2,1-7H3,(H,41,61)(H,42,63)(H,43,56)(H,44,57)(H,45,62)(H,46,58)(H,47,59)(H,48,60)(H,65,66)/t18-,19+,20+,21-,22-,23-,24-,25-,26-,27-,28-,29-/m0/s1. The highest BCUT2D eigenvalue weighted by Crippen LogP contribution is 2.19. The number of aliphatic hydroxyl groups is 6. The average Bonchev–Trinajstić information content (AvgIpc) is 3.75. The molecular formula is C39H68N10O17. The third-order valence-corrected chi connectivity index (χ3v) is 10.3. The van der Waals surface area contributed by atoms with Crippen LogP contribution in [0.2, 0.25) is 0 Å². The van der Waals surface area contributed by atoms with Gasteiger partial charge in [0.05, 0.1) is 44.7 Å². The fraction of sp³-hybridized carbons (Fsp3) is 0.744. The Balaban J connectivity index is 3.06. The van der Waals surface area contributed by atoms with Crippen LogP contribution in [0.25, 0.3) is 0 Å². The average molecular weight is 949 g/mol. The highest BCUT2D eigenvalue weighted by Gasteiger charge is 2.40. The molecule has 1 rings (SSSR count). The Kier molecular flexibility index (Phi) is 24.6. The molecule has 0 radical (unpaired) electrons. The summed E-state index contributed by atoms with van der Waals surface area (Å²) < 4.78 is 0. The number of carboxylic acids is 1. The number of carbonyl (C=O) groups is 10. The molecule has 0 aromatic carbocycles. The van der Waals surface area contributed by atoms with Crippen molar-refractivity contribution >= 4 is 59.1 Å². The Labute approximate surface area is 380 Å². The summed E-state index contributed by atoms with van der Waals surface area (Å²) in [5.41, 5.74) is 5.80. The predicted octanol–water partition coefficient (Wildman–Crippen LogP) is -8.28. The van der Waals surface area contributed by atoms with Gasteiger partial charge in [0.2, 0.25) is 53.2 Å². The van der Waals surface area contributed by atoms with E-state index in [0.717, 1.165) is 18.7 Å². The number of nitrogens with two attached hydrogens (primary N) is 1. The third kappa shape index (κ3) is 17.7. The largest absolute Gasteiger partial charge is 0.480 e. The van der Waals surface area contributed by atoms with Crippen LogP contribution in [0.3, 0.4) is 0 Å². The summed E-state index contributed by atoms with van der Waals surface area (Å²) in [6.45, 7) is 6.10. The molecule has 1 fully saturated rings. The van der Waals surface area contributed by atoms with Gasteiger partial charge in [0, 0.05) is 6.54 Å². The molecular weight excluding hydrogens is 880 g/mol. The van der Waals surface area contributed by atoms with Gasteiger partial charge in [-0.2, -0.15) is 0 Å². The summed E-state index contributed by atoms with van der Waals surface area (Å²) >= 11 is 0. The van der Waals surface area contributed by atoms with Crippen LogP contribution in [-0.2, 0) is 47.9 Å². The monoisotopic (exact) mass is 948 g/mol. The van der Waals surface area contributed by atoms with Crippen molar-refractivity contribution in [3.63, 3.8) is 0 Å². The number of hydrogen-bond acceptors (Lipinski definition) is 17. The summed E-state index contributed by atoms with van der Waals surface area (Å²) in [6, 6.07) is -15.4. The second kappa shape index (κ2) is 27.8. The molecule has 9 amide bonds. The molecule has 1 heterocycles. The Hall–Kier alpha value is -5.58. The topological polar surface area (TPSA) is 438 Å². The van der Waals surface area contributed by atoms with E-state index in [1.807, 2.05) is 5.32 Å². The number of aliphatic hydroxyl groups excluding tert-OH is 6. The minimum absolute atomic E-state index is 0.0448. The van der Waals surface area contributed by atoms with Crippen molar-refractivity contribution in [3.8, 4) is 0 Å². The summed E-state index contributed by atoms with van der Waals surface area (Å²) in [5.74, 6) is -11.3. The van der Waals surface area contributed by atoms with Crippen molar-refractivity contribution in [2.75, 3.05) is 33.0 Å². The number of likely N-dealkylation sites (tertiary alicyclic amines) is 1. The summed E-state index contributed by atoms with van der Waals surface area (Å²) in [7, 11) is 0. The zero-order valence-electron chi connectivity index (χ0n) is 38.0. The van der Waals surface area contributed by atoms with Crippen LogP contribution >= 0.6 is 0 Å². The van der Waals surface area contributed by atoms with E-state index < -0.39 is 158 Å². The van der Waals surface area contributed by atoms with Crippen LogP contribution in [0.15, 0.2) is 0 Å². The van der Waals surface area contributed by atoms with Crippen LogP contribution in [0.4, 0.5) is 0 Å². The molecule has 0 saturated carbocycles. The first-order valence-electron chi connectivity index (χ1n) is 21.3. The minimum atomic E-state index is -1.78. The Morgan fingerprint density at radius 2 is 0.955 bits per heavy atom. The molecule has 0 unspecified atom stereocenters. The van der Waals surface area contributed by atoms with E-state index in [0.29, 0.717) is 0 Å². The van der Waals surface area contributed by atoms with Crippen molar-refractivity contribution in [1.29, 1.82) is 0 Å². The zero-order chi connectivity index (χ0) is 50.7. The van der Waals surface area contributed by atoms with E-state index in [1.165, 1.54) is 6.92 Å². The first kappa shape index (κ1) is 58.4. The van der Waals surface area contributed by atoms with Crippen LogP contribution in [0.5, 0.6) is 0 Å². The quantitative estimate of drug-likeness (QED) is 0.0364. The van der Waals surface area contributed by atoms with Gasteiger partial charge in [0.1, 0.15) is 48.3 Å². The van der Waals surface area contributed by atoms with E-state index in [9.17, 15) is 83.7 Å². The maximum atomic E-state index is 13.6. The zero-order valence-corrected chi connectivity index (χ0v) is 38.0. The molecule has 0 aliphatic carbocycles. The van der Waals surface area contributed by atoms with Gasteiger partial charge in [-0.15, -0.1) is 0 Å². The van der Waals surface area contributed by atoms with E-state index in [4.69, 9.17) is 5.73 Å². The molecule has 0 aromatic rings. The van der Waals surface area contributed by atoms with Gasteiger partial charge in [-0.05, 0) is 51.9 Å². The van der Waals surface area contributed by atoms with Gasteiger partial charge in [-0.1, -0.05) is 27.7 Å². The summed E-state index contributed by atoms with van der Waals surface area (Å²) in [6.07, 6.45) is -2.86. The molecule has 17 N–H and O–H groups in total. The molecule has 1 aliphatic rings. The normalized spacial score (nSPS) is 18.7. The lowest BCUT2D eigenvalue weighted by atomic mass is 10.0. The summed E-state index contributed by atoms with van der Waals surface area (Å²) in [4.78, 5) is 130. The Morgan fingerprint density at radius 3 is 1.39 bits per heavy atom. The van der Waals surface area contributed by atoms with E-state index in [1.54, 1.807) is 27.7 Å². The van der Waals surface area contributed by atoms with Gasteiger partial charge >= 0.3 is 5.97 Å². The number of nitrogens with zero attached hydrogens (tertiary/aromatic N) is 1. The second-order valence-electron chi connectivity index (χ2n) is 16.6. The second-order valence-corrected chi connectivity index (χ2v) is 16.6. The highest BCUT2D eigenvalue weighted by atomic mass is 16.4. The number of aliphatic carboxylic acids is 1. The number of carbonyl (C=O) groups excluding carboxylic acids is 9.